The molecule has 0 aromatic carbocycles. The molecule has 0 bridgehead atoms. The number of rotatable bonds is 2. The number of hydroxylamine groups is 2. The molecule has 0 aliphatic heterocycles. The monoisotopic (exact) mass is 103 g/mol. The topological polar surface area (TPSA) is 32.7 Å². The van der Waals surface area contributed by atoms with Crippen molar-refractivity contribution in [2.75, 3.05) is 14.2 Å². The van der Waals surface area contributed by atoms with E-state index in [0.29, 0.717) is 0 Å². The van der Waals surface area contributed by atoms with Crippen LogP contribution in [0.4, 0.5) is 0 Å². The lowest BCUT2D eigenvalue weighted by atomic mass is 10.9. The van der Waals surface area contributed by atoms with Gasteiger partial charge in [-0.25, -0.2) is 5.06 Å². The van der Waals surface area contributed by atoms with E-state index < -0.39 is 0 Å². The summed E-state index contributed by atoms with van der Waals surface area (Å²) in [6.45, 7) is 3.18. The second-order valence-electron chi connectivity index (χ2n) is 1.10. The van der Waals surface area contributed by atoms with Crippen molar-refractivity contribution in [2.45, 2.75) is 0 Å². The maximum Gasteiger partial charge on any atom is 0.203 e. The third-order valence-electron chi connectivity index (χ3n) is 0.637. The first kappa shape index (κ1) is 6.30. The van der Waals surface area contributed by atoms with Crippen molar-refractivity contribution in [3.8, 4) is 0 Å². The molecule has 1 N–H and O–H groups in total. The first-order valence-electron chi connectivity index (χ1n) is 1.84. The highest BCUT2D eigenvalue weighted by molar-refractivity contribution is 4.69. The van der Waals surface area contributed by atoms with Crippen LogP contribution in [0.2, 0.25) is 0 Å². The molecule has 0 aromatic rings. The molecule has 0 fully saturated rings. The molecule has 0 saturated heterocycles. The van der Waals surface area contributed by atoms with Gasteiger partial charge in [-0.15, -0.1) is 0 Å². The van der Waals surface area contributed by atoms with Crippen molar-refractivity contribution >= 4 is 0 Å². The van der Waals surface area contributed by atoms with Gasteiger partial charge in [0.2, 0.25) is 5.88 Å². The molecule has 7 heavy (non-hydrogen) atoms. The fourth-order valence-electron chi connectivity index (χ4n) is 0.105. The molecule has 3 nitrogen and oxygen atoms in total. The summed E-state index contributed by atoms with van der Waals surface area (Å²) < 4.78 is 0. The number of nitrogens with zero attached hydrogens (tertiary/aromatic N) is 1. The Morgan fingerprint density at radius 1 is 1.86 bits per heavy atom. The average molecular weight is 103 g/mol. The van der Waals surface area contributed by atoms with Crippen LogP contribution in [0.5, 0.6) is 0 Å². The van der Waals surface area contributed by atoms with Crippen molar-refractivity contribution < 1.29 is 9.94 Å². The maximum absolute atomic E-state index is 8.43. The Morgan fingerprint density at radius 3 is 2.29 bits per heavy atom. The predicted molar refractivity (Wildman–Crippen MR) is 26.5 cm³/mol. The van der Waals surface area contributed by atoms with E-state index in [1.165, 1.54) is 7.11 Å². The zero-order valence-corrected chi connectivity index (χ0v) is 4.51. The molecule has 0 unspecified atom stereocenters. The van der Waals surface area contributed by atoms with Crippen molar-refractivity contribution in [1.82, 2.24) is 5.06 Å². The Morgan fingerprint density at radius 2 is 2.29 bits per heavy atom. The van der Waals surface area contributed by atoms with Gasteiger partial charge >= 0.3 is 0 Å². The van der Waals surface area contributed by atoms with Crippen LogP contribution in [0.3, 0.4) is 0 Å². The maximum atomic E-state index is 8.43. The van der Waals surface area contributed by atoms with E-state index >= 15 is 0 Å². The predicted octanol–water partition coefficient (Wildman–Crippen LogP) is 0.509. The van der Waals surface area contributed by atoms with Crippen LogP contribution in [0, 0.1) is 0 Å². The van der Waals surface area contributed by atoms with Crippen molar-refractivity contribution in [1.29, 1.82) is 0 Å². The van der Waals surface area contributed by atoms with E-state index in [9.17, 15) is 0 Å². The average Bonchev–Trinajstić information content (AvgIpc) is 1.65. The van der Waals surface area contributed by atoms with Crippen molar-refractivity contribution in [2.24, 2.45) is 0 Å². The van der Waals surface area contributed by atoms with Gasteiger partial charge in [0.1, 0.15) is 0 Å². The highest BCUT2D eigenvalue weighted by Crippen LogP contribution is 1.88. The molecular weight excluding hydrogens is 94.0 g/mol. The first-order valence-corrected chi connectivity index (χ1v) is 1.84. The van der Waals surface area contributed by atoms with E-state index in [4.69, 9.17) is 5.11 Å². The quantitative estimate of drug-likeness (QED) is 0.408. The molecule has 0 aliphatic rings. The van der Waals surface area contributed by atoms with E-state index in [0.717, 1.165) is 5.06 Å². The van der Waals surface area contributed by atoms with E-state index in [-0.39, 0.29) is 5.88 Å². The number of hydrogen-bond acceptors (Lipinski definition) is 3. The second-order valence-corrected chi connectivity index (χ2v) is 1.10. The summed E-state index contributed by atoms with van der Waals surface area (Å²) in [7, 11) is 3.00. The number of aliphatic hydroxyl groups is 1. The van der Waals surface area contributed by atoms with Gasteiger partial charge in [-0.3, -0.25) is 4.84 Å². The highest BCUT2D eigenvalue weighted by Gasteiger charge is 1.90. The standard InChI is InChI=1S/C4H9NO2/c1-4(6)5(2)7-3/h6H,1H2,2-3H3. The summed E-state index contributed by atoms with van der Waals surface area (Å²) in [5.74, 6) is -0.0949. The normalized spacial score (nSPS) is 8.29. The number of hydrogen-bond donors (Lipinski definition) is 1. The molecule has 0 amide bonds. The summed E-state index contributed by atoms with van der Waals surface area (Å²) in [6, 6.07) is 0. The van der Waals surface area contributed by atoms with Crippen LogP contribution in [0.15, 0.2) is 12.5 Å². The van der Waals surface area contributed by atoms with Gasteiger partial charge < -0.3 is 5.11 Å². The molecule has 0 saturated carbocycles. The Kier molecular flexibility index (Phi) is 2.22. The Labute approximate surface area is 42.8 Å². The molecule has 3 heteroatoms. The van der Waals surface area contributed by atoms with Gasteiger partial charge in [-0.05, 0) is 6.58 Å². The molecular formula is C4H9NO2. The smallest absolute Gasteiger partial charge is 0.203 e. The van der Waals surface area contributed by atoms with E-state index in [1.54, 1.807) is 7.05 Å². The number of aliphatic hydroxyl groups excluding tert-OH is 1. The van der Waals surface area contributed by atoms with Gasteiger partial charge in [0.15, 0.2) is 0 Å². The minimum atomic E-state index is -0.0949. The fourth-order valence-corrected chi connectivity index (χ4v) is 0.105. The summed E-state index contributed by atoms with van der Waals surface area (Å²) in [6.07, 6.45) is 0. The van der Waals surface area contributed by atoms with Gasteiger partial charge in [-0.1, -0.05) is 0 Å². The SMILES string of the molecule is C=C(O)N(C)OC. The zero-order chi connectivity index (χ0) is 5.86. The van der Waals surface area contributed by atoms with E-state index in [1.807, 2.05) is 0 Å². The van der Waals surface area contributed by atoms with Crippen LogP contribution in [0.25, 0.3) is 0 Å². The molecule has 0 aromatic heterocycles. The fraction of sp³-hybridized carbons (Fsp3) is 0.500. The summed E-state index contributed by atoms with van der Waals surface area (Å²) in [5.41, 5.74) is 0. The van der Waals surface area contributed by atoms with E-state index in [2.05, 4.69) is 11.4 Å². The molecule has 0 rings (SSSR count). The lowest BCUT2D eigenvalue weighted by molar-refractivity contribution is -0.108. The minimum absolute atomic E-state index is 0.0949. The summed E-state index contributed by atoms with van der Waals surface area (Å²) in [5, 5.41) is 9.58. The molecule has 0 aliphatic carbocycles. The summed E-state index contributed by atoms with van der Waals surface area (Å²) >= 11 is 0. The Bertz CT molecular complexity index is 72.1. The molecule has 42 valence electrons. The Balaban J connectivity index is 3.34. The molecule has 0 radical (unpaired) electrons. The van der Waals surface area contributed by atoms with Gasteiger partial charge in [0.25, 0.3) is 0 Å². The lowest BCUT2D eigenvalue weighted by Gasteiger charge is -2.11. The zero-order valence-electron chi connectivity index (χ0n) is 4.51. The van der Waals surface area contributed by atoms with Gasteiger partial charge in [0, 0.05) is 7.05 Å². The second kappa shape index (κ2) is 2.47. The molecule has 0 spiro atoms. The third-order valence-corrected chi connectivity index (χ3v) is 0.637. The van der Waals surface area contributed by atoms with Gasteiger partial charge in [0.05, 0.1) is 7.11 Å². The van der Waals surface area contributed by atoms with Crippen LogP contribution in [-0.4, -0.2) is 24.3 Å². The van der Waals surface area contributed by atoms with Crippen LogP contribution in [-0.2, 0) is 4.84 Å². The molecule has 0 atom stereocenters. The van der Waals surface area contributed by atoms with Crippen LogP contribution < -0.4 is 0 Å². The van der Waals surface area contributed by atoms with Crippen molar-refractivity contribution in [3.05, 3.63) is 12.5 Å². The lowest BCUT2D eigenvalue weighted by Crippen LogP contribution is -2.13. The highest BCUT2D eigenvalue weighted by atomic mass is 16.7. The largest absolute Gasteiger partial charge is 0.494 e. The third kappa shape index (κ3) is 2.05. The molecule has 0 heterocycles. The first-order chi connectivity index (χ1) is 3.18. The van der Waals surface area contributed by atoms with Crippen molar-refractivity contribution in [3.63, 3.8) is 0 Å². The summed E-state index contributed by atoms with van der Waals surface area (Å²) in [4.78, 5) is 4.50. The van der Waals surface area contributed by atoms with Gasteiger partial charge in [-0.2, -0.15) is 0 Å². The van der Waals surface area contributed by atoms with Crippen LogP contribution >= 0.6 is 0 Å². The Hall–Kier alpha value is -0.700. The van der Waals surface area contributed by atoms with Crippen LogP contribution in [0.1, 0.15) is 0 Å². The minimum Gasteiger partial charge on any atom is -0.494 e.